The summed E-state index contributed by atoms with van der Waals surface area (Å²) in [6, 6.07) is 5.02. The number of aryl methyl sites for hydroxylation is 1. The Morgan fingerprint density at radius 1 is 1.33 bits per heavy atom. The minimum atomic E-state index is -0.401. The molecule has 18 heavy (non-hydrogen) atoms. The maximum Gasteiger partial charge on any atom is 0.150 e. The van der Waals surface area contributed by atoms with Gasteiger partial charge in [-0.15, -0.1) is 0 Å². The van der Waals surface area contributed by atoms with Gasteiger partial charge in [0, 0.05) is 36.4 Å². The average molecular weight is 263 g/mol. The van der Waals surface area contributed by atoms with Gasteiger partial charge in [0.1, 0.15) is 16.3 Å². The number of hydrogen-bond donors (Lipinski definition) is 1. The SMILES string of the molecule is Cc1cc(N(C)C)c2cc(C(N)=S)cc(F)c2n1. The van der Waals surface area contributed by atoms with Gasteiger partial charge in [0.05, 0.1) is 0 Å². The molecule has 0 saturated heterocycles. The Hall–Kier alpha value is -1.75. The van der Waals surface area contributed by atoms with Crippen LogP contribution in [0.3, 0.4) is 0 Å². The van der Waals surface area contributed by atoms with Crippen molar-refractivity contribution in [2.24, 2.45) is 5.73 Å². The first kappa shape index (κ1) is 12.7. The Bertz CT molecular complexity index is 638. The summed E-state index contributed by atoms with van der Waals surface area (Å²) in [5.41, 5.74) is 8.09. The number of anilines is 1. The molecule has 0 spiro atoms. The molecule has 0 aliphatic rings. The molecule has 2 N–H and O–H groups in total. The molecule has 0 aliphatic carbocycles. The fraction of sp³-hybridized carbons (Fsp3) is 0.231. The van der Waals surface area contributed by atoms with E-state index in [1.807, 2.05) is 32.0 Å². The van der Waals surface area contributed by atoms with E-state index in [1.165, 1.54) is 6.07 Å². The predicted octanol–water partition coefficient (Wildman–Crippen LogP) is 2.38. The molecule has 1 aromatic heterocycles. The molecule has 2 aromatic rings. The van der Waals surface area contributed by atoms with Gasteiger partial charge in [-0.2, -0.15) is 0 Å². The second-order valence-corrected chi connectivity index (χ2v) is 4.84. The molecule has 3 nitrogen and oxygen atoms in total. The van der Waals surface area contributed by atoms with Crippen molar-refractivity contribution in [2.45, 2.75) is 6.92 Å². The number of nitrogens with zero attached hydrogens (tertiary/aromatic N) is 2. The van der Waals surface area contributed by atoms with Crippen LogP contribution in [0.5, 0.6) is 0 Å². The molecule has 1 heterocycles. The van der Waals surface area contributed by atoms with Crippen molar-refractivity contribution in [3.63, 3.8) is 0 Å². The van der Waals surface area contributed by atoms with Crippen LogP contribution in [0.4, 0.5) is 10.1 Å². The highest BCUT2D eigenvalue weighted by molar-refractivity contribution is 7.80. The van der Waals surface area contributed by atoms with Gasteiger partial charge in [-0.25, -0.2) is 9.37 Å². The fourth-order valence-electron chi connectivity index (χ4n) is 1.90. The van der Waals surface area contributed by atoms with Crippen LogP contribution in [0.1, 0.15) is 11.3 Å². The first-order valence-corrected chi connectivity index (χ1v) is 5.89. The normalized spacial score (nSPS) is 10.7. The van der Waals surface area contributed by atoms with Crippen LogP contribution in [-0.2, 0) is 0 Å². The summed E-state index contributed by atoms with van der Waals surface area (Å²) in [5, 5.41) is 0.716. The maximum absolute atomic E-state index is 14.0. The third kappa shape index (κ3) is 2.13. The lowest BCUT2D eigenvalue weighted by Crippen LogP contribution is -2.13. The number of pyridine rings is 1. The van der Waals surface area contributed by atoms with E-state index in [2.05, 4.69) is 4.98 Å². The molecule has 0 atom stereocenters. The second-order valence-electron chi connectivity index (χ2n) is 4.40. The van der Waals surface area contributed by atoms with E-state index >= 15 is 0 Å². The summed E-state index contributed by atoms with van der Waals surface area (Å²) in [7, 11) is 3.80. The Kier molecular flexibility index (Phi) is 3.17. The van der Waals surface area contributed by atoms with Crippen LogP contribution in [0, 0.1) is 12.7 Å². The van der Waals surface area contributed by atoms with Crippen LogP contribution in [0.25, 0.3) is 10.9 Å². The number of aromatic nitrogens is 1. The smallest absolute Gasteiger partial charge is 0.150 e. The molecular formula is C13H14FN3S. The number of nitrogens with two attached hydrogens (primary N) is 1. The third-order valence-electron chi connectivity index (χ3n) is 2.74. The first-order chi connectivity index (χ1) is 8.40. The third-order valence-corrected chi connectivity index (χ3v) is 2.98. The van der Waals surface area contributed by atoms with E-state index in [4.69, 9.17) is 18.0 Å². The first-order valence-electron chi connectivity index (χ1n) is 5.48. The zero-order valence-corrected chi connectivity index (χ0v) is 11.3. The minimum Gasteiger partial charge on any atom is -0.389 e. The zero-order valence-electron chi connectivity index (χ0n) is 10.5. The van der Waals surface area contributed by atoms with Crippen molar-refractivity contribution < 1.29 is 4.39 Å². The molecule has 0 unspecified atom stereocenters. The lowest BCUT2D eigenvalue weighted by atomic mass is 10.1. The fourth-order valence-corrected chi connectivity index (χ4v) is 2.02. The Labute approximate surface area is 110 Å². The van der Waals surface area contributed by atoms with Crippen molar-refractivity contribution in [3.8, 4) is 0 Å². The van der Waals surface area contributed by atoms with Gasteiger partial charge in [-0.3, -0.25) is 0 Å². The molecular weight excluding hydrogens is 249 g/mol. The lowest BCUT2D eigenvalue weighted by Gasteiger charge is -2.17. The van der Waals surface area contributed by atoms with E-state index in [9.17, 15) is 4.39 Å². The Balaban J connectivity index is 2.88. The number of hydrogen-bond acceptors (Lipinski definition) is 3. The molecule has 2 rings (SSSR count). The Morgan fingerprint density at radius 2 is 2.00 bits per heavy atom. The Morgan fingerprint density at radius 3 is 2.56 bits per heavy atom. The molecule has 0 radical (unpaired) electrons. The molecule has 0 aliphatic heterocycles. The van der Waals surface area contributed by atoms with E-state index in [0.717, 1.165) is 11.4 Å². The standard InChI is InChI=1S/C13H14FN3S/c1-7-4-11(17(2)3)9-5-8(13(15)18)6-10(14)12(9)16-7/h4-6H,1-3H3,(H2,15,18). The lowest BCUT2D eigenvalue weighted by molar-refractivity contribution is 0.636. The number of thiocarbonyl (C=S) groups is 1. The van der Waals surface area contributed by atoms with Crippen molar-refractivity contribution in [2.75, 3.05) is 19.0 Å². The average Bonchev–Trinajstić information content (AvgIpc) is 2.28. The summed E-state index contributed by atoms with van der Waals surface area (Å²) >= 11 is 4.90. The van der Waals surface area contributed by atoms with Crippen LogP contribution in [0.2, 0.25) is 0 Å². The molecule has 5 heteroatoms. The number of halogens is 1. The zero-order chi connectivity index (χ0) is 13.4. The number of benzene rings is 1. The van der Waals surface area contributed by atoms with Crippen molar-refractivity contribution in [3.05, 3.63) is 35.3 Å². The number of rotatable bonds is 2. The van der Waals surface area contributed by atoms with Crippen molar-refractivity contribution >= 4 is 33.8 Å². The molecule has 1 aromatic carbocycles. The minimum absolute atomic E-state index is 0.182. The molecule has 94 valence electrons. The summed E-state index contributed by atoms with van der Waals surface area (Å²) in [6.45, 7) is 1.84. The second kappa shape index (κ2) is 4.49. The van der Waals surface area contributed by atoms with Crippen molar-refractivity contribution in [1.82, 2.24) is 4.98 Å². The molecule has 0 saturated carbocycles. The van der Waals surface area contributed by atoms with E-state index < -0.39 is 5.82 Å². The van der Waals surface area contributed by atoms with Gasteiger partial charge >= 0.3 is 0 Å². The van der Waals surface area contributed by atoms with Gasteiger partial charge in [-0.05, 0) is 25.1 Å². The van der Waals surface area contributed by atoms with Gasteiger partial charge in [0.15, 0.2) is 0 Å². The molecule has 0 fully saturated rings. The largest absolute Gasteiger partial charge is 0.389 e. The molecule has 0 bridgehead atoms. The van der Waals surface area contributed by atoms with E-state index in [-0.39, 0.29) is 4.99 Å². The summed E-state index contributed by atoms with van der Waals surface area (Å²) < 4.78 is 14.0. The van der Waals surface area contributed by atoms with E-state index in [1.54, 1.807) is 6.07 Å². The summed E-state index contributed by atoms with van der Waals surface area (Å²) in [5.74, 6) is -0.401. The van der Waals surface area contributed by atoms with Gasteiger partial charge < -0.3 is 10.6 Å². The molecule has 0 amide bonds. The monoisotopic (exact) mass is 263 g/mol. The predicted molar refractivity (Wildman–Crippen MR) is 76.7 cm³/mol. The highest BCUT2D eigenvalue weighted by Gasteiger charge is 2.12. The highest BCUT2D eigenvalue weighted by atomic mass is 32.1. The van der Waals surface area contributed by atoms with Crippen molar-refractivity contribution in [1.29, 1.82) is 0 Å². The topological polar surface area (TPSA) is 42.1 Å². The highest BCUT2D eigenvalue weighted by Crippen LogP contribution is 2.28. The van der Waals surface area contributed by atoms with Gasteiger partial charge in [0.2, 0.25) is 0 Å². The maximum atomic E-state index is 14.0. The van der Waals surface area contributed by atoms with Crippen LogP contribution in [-0.4, -0.2) is 24.1 Å². The number of fused-ring (bicyclic) bond motifs is 1. The summed E-state index contributed by atoms with van der Waals surface area (Å²) in [6.07, 6.45) is 0. The quantitative estimate of drug-likeness (QED) is 0.845. The summed E-state index contributed by atoms with van der Waals surface area (Å²) in [4.78, 5) is 6.33. The van der Waals surface area contributed by atoms with Crippen LogP contribution >= 0.6 is 12.2 Å². The van der Waals surface area contributed by atoms with Gasteiger partial charge in [-0.1, -0.05) is 12.2 Å². The van der Waals surface area contributed by atoms with Gasteiger partial charge in [0.25, 0.3) is 0 Å². The van der Waals surface area contributed by atoms with E-state index in [0.29, 0.717) is 16.5 Å². The van der Waals surface area contributed by atoms with Crippen LogP contribution in [0.15, 0.2) is 18.2 Å². The van der Waals surface area contributed by atoms with Crippen LogP contribution < -0.4 is 10.6 Å².